The Bertz CT molecular complexity index is 748. The van der Waals surface area contributed by atoms with Crippen LogP contribution in [0.2, 0.25) is 0 Å². The lowest BCUT2D eigenvalue weighted by atomic mass is 10.1. The van der Waals surface area contributed by atoms with Crippen molar-refractivity contribution < 1.29 is 23.0 Å². The zero-order valence-corrected chi connectivity index (χ0v) is 15.7. The van der Waals surface area contributed by atoms with Crippen molar-refractivity contribution in [3.8, 4) is 0 Å². The van der Waals surface area contributed by atoms with Crippen molar-refractivity contribution in [1.82, 2.24) is 4.72 Å². The second-order valence-corrected chi connectivity index (χ2v) is 8.18. The molecular formula is C18H25NO5S. The highest BCUT2D eigenvalue weighted by Gasteiger charge is 2.44. The van der Waals surface area contributed by atoms with Gasteiger partial charge in [-0.2, -0.15) is 0 Å². The number of hydrogen-bond donors (Lipinski definition) is 2. The van der Waals surface area contributed by atoms with Gasteiger partial charge in [-0.1, -0.05) is 17.7 Å². The molecule has 3 atom stereocenters. The van der Waals surface area contributed by atoms with Gasteiger partial charge < -0.3 is 14.6 Å². The minimum Gasteiger partial charge on any atom is -0.386 e. The number of aliphatic hydroxyl groups excluding tert-OH is 1. The van der Waals surface area contributed by atoms with E-state index in [2.05, 4.69) is 10.5 Å². The maximum absolute atomic E-state index is 12.4. The molecule has 2 N–H and O–H groups in total. The van der Waals surface area contributed by atoms with Crippen LogP contribution in [0.1, 0.15) is 26.3 Å². The van der Waals surface area contributed by atoms with Crippen LogP contribution < -0.4 is 4.72 Å². The second-order valence-electron chi connectivity index (χ2n) is 6.42. The van der Waals surface area contributed by atoms with E-state index in [0.717, 1.165) is 5.56 Å². The lowest BCUT2D eigenvalue weighted by Crippen LogP contribution is -2.42. The Morgan fingerprint density at radius 3 is 2.56 bits per heavy atom. The Balaban J connectivity index is 2.11. The van der Waals surface area contributed by atoms with Crippen LogP contribution >= 0.6 is 0 Å². The van der Waals surface area contributed by atoms with Crippen LogP contribution in [0.25, 0.3) is 0 Å². The molecule has 0 saturated carbocycles. The summed E-state index contributed by atoms with van der Waals surface area (Å²) in [5.41, 5.74) is 3.78. The van der Waals surface area contributed by atoms with Gasteiger partial charge in [-0.3, -0.25) is 0 Å². The standard InChI is InChI=1S/C18H25NO5S/c1-5-6-7-15(20)17-16(23-18(3,4)24-17)12-19-25(21,22)14-10-8-13(2)9-11-14/h5,7-11,15-17,19-20H,12H2,1-4H3/t6?,15-,16+,17-/m1/s1. The molecule has 0 bridgehead atoms. The maximum atomic E-state index is 12.4. The first kappa shape index (κ1) is 19.8. The zero-order chi connectivity index (χ0) is 18.7. The van der Waals surface area contributed by atoms with Crippen LogP contribution in [0.4, 0.5) is 0 Å². The van der Waals surface area contributed by atoms with Gasteiger partial charge in [-0.05, 0) is 52.0 Å². The molecule has 1 aromatic carbocycles. The van der Waals surface area contributed by atoms with Gasteiger partial charge in [0, 0.05) is 6.54 Å². The highest BCUT2D eigenvalue weighted by atomic mass is 32.2. The van der Waals surface area contributed by atoms with Crippen LogP contribution in [-0.4, -0.2) is 44.2 Å². The third-order valence-corrected chi connectivity index (χ3v) is 5.24. The number of rotatable bonds is 6. The van der Waals surface area contributed by atoms with E-state index >= 15 is 0 Å². The SMILES string of the molecule is CC=C=C[C@@H](O)[C@H]1OC(C)(C)O[C@H]1CNS(=O)(=O)c1ccc(C)cc1. The molecule has 0 aromatic heterocycles. The average Bonchev–Trinajstić information content (AvgIpc) is 2.86. The second kappa shape index (κ2) is 7.83. The van der Waals surface area contributed by atoms with E-state index in [9.17, 15) is 13.5 Å². The fourth-order valence-corrected chi connectivity index (χ4v) is 3.64. The number of aryl methyl sites for hydroxylation is 1. The third kappa shape index (κ3) is 5.25. The molecule has 138 valence electrons. The first-order valence-corrected chi connectivity index (χ1v) is 9.60. The first-order chi connectivity index (χ1) is 11.6. The Labute approximate surface area is 149 Å². The van der Waals surface area contributed by atoms with E-state index in [1.54, 1.807) is 51.1 Å². The van der Waals surface area contributed by atoms with Crippen LogP contribution in [-0.2, 0) is 19.5 Å². The van der Waals surface area contributed by atoms with Gasteiger partial charge in [0.1, 0.15) is 18.3 Å². The fraction of sp³-hybridized carbons (Fsp3) is 0.500. The monoisotopic (exact) mass is 367 g/mol. The van der Waals surface area contributed by atoms with E-state index < -0.39 is 34.1 Å². The maximum Gasteiger partial charge on any atom is 0.240 e. The van der Waals surface area contributed by atoms with Crippen LogP contribution in [0.5, 0.6) is 0 Å². The van der Waals surface area contributed by atoms with E-state index in [-0.39, 0.29) is 11.4 Å². The van der Waals surface area contributed by atoms with Gasteiger partial charge >= 0.3 is 0 Å². The highest BCUT2D eigenvalue weighted by Crippen LogP contribution is 2.30. The van der Waals surface area contributed by atoms with Gasteiger partial charge in [-0.15, -0.1) is 5.73 Å². The summed E-state index contributed by atoms with van der Waals surface area (Å²) < 4.78 is 38.8. The molecule has 0 unspecified atom stereocenters. The number of hydrogen-bond acceptors (Lipinski definition) is 5. The summed E-state index contributed by atoms with van der Waals surface area (Å²) in [5.74, 6) is -0.907. The minimum atomic E-state index is -3.67. The van der Waals surface area contributed by atoms with Crippen molar-refractivity contribution in [3.63, 3.8) is 0 Å². The summed E-state index contributed by atoms with van der Waals surface area (Å²) in [6.45, 7) is 7.11. The number of ether oxygens (including phenoxy) is 2. The van der Waals surface area contributed by atoms with Crippen LogP contribution in [0, 0.1) is 6.92 Å². The van der Waals surface area contributed by atoms with Crippen molar-refractivity contribution in [2.24, 2.45) is 0 Å². The molecule has 1 aromatic rings. The Kier molecular flexibility index (Phi) is 6.21. The number of sulfonamides is 1. The molecule has 6 nitrogen and oxygen atoms in total. The van der Waals surface area contributed by atoms with Crippen molar-refractivity contribution in [2.75, 3.05) is 6.54 Å². The topological polar surface area (TPSA) is 84.9 Å². The summed E-state index contributed by atoms with van der Waals surface area (Å²) in [4.78, 5) is 0.183. The van der Waals surface area contributed by atoms with Gasteiger partial charge in [0.25, 0.3) is 0 Å². The Hall–Kier alpha value is -1.47. The molecule has 2 rings (SSSR count). The molecule has 0 radical (unpaired) electrons. The largest absolute Gasteiger partial charge is 0.386 e. The molecule has 7 heteroatoms. The summed E-state index contributed by atoms with van der Waals surface area (Å²) in [6.07, 6.45) is 0.867. The zero-order valence-electron chi connectivity index (χ0n) is 14.9. The molecule has 1 aliphatic heterocycles. The van der Waals surface area contributed by atoms with Crippen LogP contribution in [0.3, 0.4) is 0 Å². The summed E-state index contributed by atoms with van der Waals surface area (Å²) >= 11 is 0. The van der Waals surface area contributed by atoms with E-state index in [4.69, 9.17) is 9.47 Å². The number of aliphatic hydroxyl groups is 1. The Morgan fingerprint density at radius 1 is 1.32 bits per heavy atom. The lowest BCUT2D eigenvalue weighted by Gasteiger charge is -2.20. The van der Waals surface area contributed by atoms with Crippen molar-refractivity contribution in [3.05, 3.63) is 47.7 Å². The molecule has 0 amide bonds. The van der Waals surface area contributed by atoms with E-state index in [1.807, 2.05) is 6.92 Å². The summed E-state index contributed by atoms with van der Waals surface area (Å²) in [6, 6.07) is 6.58. The number of benzene rings is 1. The van der Waals surface area contributed by atoms with Crippen molar-refractivity contribution in [1.29, 1.82) is 0 Å². The molecule has 1 aliphatic rings. The predicted octanol–water partition coefficient (Wildman–Crippen LogP) is 1.89. The minimum absolute atomic E-state index is 0.00888. The lowest BCUT2D eigenvalue weighted by molar-refractivity contribution is -0.152. The van der Waals surface area contributed by atoms with Gasteiger partial charge in [0.15, 0.2) is 5.79 Å². The van der Waals surface area contributed by atoms with E-state index in [0.29, 0.717) is 0 Å². The molecule has 1 heterocycles. The van der Waals surface area contributed by atoms with E-state index in [1.165, 1.54) is 6.08 Å². The Morgan fingerprint density at radius 2 is 1.96 bits per heavy atom. The summed E-state index contributed by atoms with van der Waals surface area (Å²) in [7, 11) is -3.67. The van der Waals surface area contributed by atoms with Gasteiger partial charge in [-0.25, -0.2) is 13.1 Å². The van der Waals surface area contributed by atoms with Gasteiger partial charge in [0.2, 0.25) is 10.0 Å². The molecule has 1 saturated heterocycles. The fourth-order valence-electron chi connectivity index (χ4n) is 2.59. The smallest absolute Gasteiger partial charge is 0.240 e. The predicted molar refractivity (Wildman–Crippen MR) is 94.5 cm³/mol. The van der Waals surface area contributed by atoms with Crippen molar-refractivity contribution >= 4 is 10.0 Å². The quantitative estimate of drug-likeness (QED) is 0.750. The first-order valence-electron chi connectivity index (χ1n) is 8.12. The van der Waals surface area contributed by atoms with Crippen LogP contribution in [0.15, 0.2) is 47.0 Å². The average molecular weight is 367 g/mol. The van der Waals surface area contributed by atoms with Crippen molar-refractivity contribution in [2.45, 2.75) is 56.7 Å². The normalized spacial score (nSPS) is 23.7. The number of nitrogens with one attached hydrogen (secondary N) is 1. The molecule has 1 fully saturated rings. The highest BCUT2D eigenvalue weighted by molar-refractivity contribution is 7.89. The molecule has 25 heavy (non-hydrogen) atoms. The summed E-state index contributed by atoms with van der Waals surface area (Å²) in [5, 5.41) is 10.2. The molecule has 0 spiro atoms. The van der Waals surface area contributed by atoms with Gasteiger partial charge in [0.05, 0.1) is 4.90 Å². The third-order valence-electron chi connectivity index (χ3n) is 3.80. The molecular weight excluding hydrogens is 342 g/mol. The molecule has 0 aliphatic carbocycles.